The Bertz CT molecular complexity index is 1140. The molecule has 27 heavy (non-hydrogen) atoms. The predicted molar refractivity (Wildman–Crippen MR) is 100 cm³/mol. The predicted octanol–water partition coefficient (Wildman–Crippen LogP) is 4.60. The minimum atomic E-state index is -0.471. The number of carbonyl (C=O) groups is 1. The Balaban J connectivity index is 1.53. The summed E-state index contributed by atoms with van der Waals surface area (Å²) in [7, 11) is 0. The molecule has 0 bridgehead atoms. The first-order valence-corrected chi connectivity index (χ1v) is 8.60. The van der Waals surface area contributed by atoms with E-state index < -0.39 is 5.97 Å². The van der Waals surface area contributed by atoms with Crippen LogP contribution in [0.5, 0.6) is 0 Å². The van der Waals surface area contributed by atoms with Crippen LogP contribution in [0.1, 0.15) is 21.9 Å². The second-order valence-electron chi connectivity index (χ2n) is 5.90. The minimum absolute atomic E-state index is 0.109. The summed E-state index contributed by atoms with van der Waals surface area (Å²) in [5.41, 5.74) is 2.55. The maximum atomic E-state index is 12.6. The summed E-state index contributed by atoms with van der Waals surface area (Å²) >= 11 is 6.13. The molecule has 0 radical (unpaired) electrons. The third kappa shape index (κ3) is 3.52. The van der Waals surface area contributed by atoms with Gasteiger partial charge >= 0.3 is 5.97 Å². The second-order valence-corrected chi connectivity index (χ2v) is 6.31. The SMILES string of the molecule is Cc1cc(C(=O)OCc2noc(-c3ccccc3Cl)n2)c2ccccc2n1. The van der Waals surface area contributed by atoms with Crippen LogP contribution in [-0.2, 0) is 11.3 Å². The van der Waals surface area contributed by atoms with Gasteiger partial charge in [-0.15, -0.1) is 0 Å². The highest BCUT2D eigenvalue weighted by molar-refractivity contribution is 6.33. The van der Waals surface area contributed by atoms with E-state index in [1.54, 1.807) is 18.2 Å². The molecule has 2 heterocycles. The molecule has 0 aliphatic heterocycles. The van der Waals surface area contributed by atoms with Crippen molar-refractivity contribution in [2.75, 3.05) is 0 Å². The topological polar surface area (TPSA) is 78.1 Å². The van der Waals surface area contributed by atoms with Crippen molar-refractivity contribution in [1.82, 2.24) is 15.1 Å². The molecule has 0 N–H and O–H groups in total. The highest BCUT2D eigenvalue weighted by atomic mass is 35.5. The summed E-state index contributed by atoms with van der Waals surface area (Å²) < 4.78 is 10.6. The normalized spacial score (nSPS) is 10.9. The molecule has 4 aromatic rings. The van der Waals surface area contributed by atoms with E-state index in [9.17, 15) is 4.79 Å². The largest absolute Gasteiger partial charge is 0.454 e. The number of ether oxygens (including phenoxy) is 1. The lowest BCUT2D eigenvalue weighted by Crippen LogP contribution is -2.08. The second kappa shape index (κ2) is 7.17. The van der Waals surface area contributed by atoms with Crippen LogP contribution < -0.4 is 0 Å². The van der Waals surface area contributed by atoms with Crippen molar-refractivity contribution in [1.29, 1.82) is 0 Å². The average Bonchev–Trinajstić information content (AvgIpc) is 3.14. The van der Waals surface area contributed by atoms with Crippen LogP contribution >= 0.6 is 11.6 Å². The molecular formula is C20H14ClN3O3. The highest BCUT2D eigenvalue weighted by Crippen LogP contribution is 2.26. The quantitative estimate of drug-likeness (QED) is 0.482. The molecule has 6 nitrogen and oxygen atoms in total. The summed E-state index contributed by atoms with van der Waals surface area (Å²) in [6.45, 7) is 1.72. The van der Waals surface area contributed by atoms with Crippen LogP contribution in [0.3, 0.4) is 0 Å². The zero-order valence-electron chi connectivity index (χ0n) is 14.3. The zero-order valence-corrected chi connectivity index (χ0v) is 15.1. The number of rotatable bonds is 4. The number of fused-ring (bicyclic) bond motifs is 1. The molecule has 2 aromatic heterocycles. The van der Waals surface area contributed by atoms with E-state index in [2.05, 4.69) is 15.1 Å². The van der Waals surface area contributed by atoms with E-state index in [0.29, 0.717) is 16.1 Å². The molecular weight excluding hydrogens is 366 g/mol. The van der Waals surface area contributed by atoms with E-state index in [0.717, 1.165) is 16.6 Å². The molecule has 134 valence electrons. The zero-order chi connectivity index (χ0) is 18.8. The summed E-state index contributed by atoms with van der Waals surface area (Å²) in [5, 5.41) is 5.08. The van der Waals surface area contributed by atoms with Crippen LogP contribution in [0.15, 0.2) is 59.1 Å². The van der Waals surface area contributed by atoms with Gasteiger partial charge in [-0.3, -0.25) is 4.98 Å². The first-order chi connectivity index (χ1) is 13.1. The number of esters is 1. The average molecular weight is 380 g/mol. The number of hydrogen-bond acceptors (Lipinski definition) is 6. The van der Waals surface area contributed by atoms with Crippen molar-refractivity contribution >= 4 is 28.5 Å². The molecule has 0 atom stereocenters. The van der Waals surface area contributed by atoms with Gasteiger partial charge in [0, 0.05) is 11.1 Å². The lowest BCUT2D eigenvalue weighted by molar-refractivity contribution is 0.0462. The maximum Gasteiger partial charge on any atom is 0.339 e. The maximum absolute atomic E-state index is 12.6. The van der Waals surface area contributed by atoms with Crippen LogP contribution in [0.25, 0.3) is 22.4 Å². The minimum Gasteiger partial charge on any atom is -0.454 e. The van der Waals surface area contributed by atoms with Crippen LogP contribution in [0.4, 0.5) is 0 Å². The van der Waals surface area contributed by atoms with Gasteiger partial charge < -0.3 is 9.26 Å². The Morgan fingerprint density at radius 1 is 1.11 bits per heavy atom. The molecule has 0 amide bonds. The summed E-state index contributed by atoms with van der Waals surface area (Å²) in [6, 6.07) is 16.3. The molecule has 0 saturated heterocycles. The van der Waals surface area contributed by atoms with Crippen LogP contribution in [0, 0.1) is 6.92 Å². The molecule has 2 aromatic carbocycles. The lowest BCUT2D eigenvalue weighted by Gasteiger charge is -2.07. The number of halogens is 1. The smallest absolute Gasteiger partial charge is 0.339 e. The van der Waals surface area contributed by atoms with Gasteiger partial charge in [0.05, 0.1) is 21.7 Å². The Hall–Kier alpha value is -3.25. The van der Waals surface area contributed by atoms with E-state index in [1.165, 1.54) is 0 Å². The van der Waals surface area contributed by atoms with E-state index in [4.69, 9.17) is 20.9 Å². The Morgan fingerprint density at radius 3 is 2.74 bits per heavy atom. The summed E-state index contributed by atoms with van der Waals surface area (Å²) in [6.07, 6.45) is 0. The van der Waals surface area contributed by atoms with Crippen LogP contribution in [-0.4, -0.2) is 21.1 Å². The summed E-state index contributed by atoms with van der Waals surface area (Å²) in [5.74, 6) is 0.0611. The van der Waals surface area contributed by atoms with Gasteiger partial charge in [-0.2, -0.15) is 4.98 Å². The molecule has 0 spiro atoms. The number of aromatic nitrogens is 3. The number of carbonyl (C=O) groups excluding carboxylic acids is 1. The van der Waals surface area contributed by atoms with Gasteiger partial charge in [-0.25, -0.2) is 4.79 Å². The van der Waals surface area contributed by atoms with E-state index in [1.807, 2.05) is 43.3 Å². The van der Waals surface area contributed by atoms with Crippen LogP contribution in [0.2, 0.25) is 5.02 Å². The molecule has 0 fully saturated rings. The fraction of sp³-hybridized carbons (Fsp3) is 0.100. The van der Waals surface area contributed by atoms with Gasteiger partial charge in [-0.05, 0) is 31.2 Å². The van der Waals surface area contributed by atoms with Crippen molar-refractivity contribution in [2.45, 2.75) is 13.5 Å². The molecule has 0 aliphatic rings. The first-order valence-electron chi connectivity index (χ1n) is 8.23. The molecule has 0 aliphatic carbocycles. The summed E-state index contributed by atoms with van der Waals surface area (Å²) in [4.78, 5) is 21.2. The number of para-hydroxylation sites is 1. The standard InChI is InChI=1S/C20H14ClN3O3/c1-12-10-15(13-6-3-5-9-17(13)22-12)20(25)26-11-18-23-19(27-24-18)14-7-2-4-8-16(14)21/h2-10H,11H2,1H3. The fourth-order valence-electron chi connectivity index (χ4n) is 2.74. The lowest BCUT2D eigenvalue weighted by atomic mass is 10.1. The number of benzene rings is 2. The molecule has 0 unspecified atom stereocenters. The fourth-order valence-corrected chi connectivity index (χ4v) is 2.96. The number of nitrogens with zero attached hydrogens (tertiary/aromatic N) is 3. The number of pyridine rings is 1. The van der Waals surface area contributed by atoms with Gasteiger partial charge in [0.25, 0.3) is 5.89 Å². The number of hydrogen-bond donors (Lipinski definition) is 0. The van der Waals surface area contributed by atoms with E-state index >= 15 is 0 Å². The van der Waals surface area contributed by atoms with Crippen molar-refractivity contribution in [3.63, 3.8) is 0 Å². The van der Waals surface area contributed by atoms with Crippen molar-refractivity contribution in [2.24, 2.45) is 0 Å². The highest BCUT2D eigenvalue weighted by Gasteiger charge is 2.16. The molecule has 4 rings (SSSR count). The first kappa shape index (κ1) is 17.2. The van der Waals surface area contributed by atoms with Crippen molar-refractivity contribution in [3.8, 4) is 11.5 Å². The van der Waals surface area contributed by atoms with Gasteiger partial charge in [-0.1, -0.05) is 47.1 Å². The van der Waals surface area contributed by atoms with Crippen molar-refractivity contribution in [3.05, 3.63) is 76.7 Å². The Morgan fingerprint density at radius 2 is 1.89 bits per heavy atom. The van der Waals surface area contributed by atoms with Crippen molar-refractivity contribution < 1.29 is 14.1 Å². The van der Waals surface area contributed by atoms with Gasteiger partial charge in [0.2, 0.25) is 5.82 Å². The third-order valence-electron chi connectivity index (χ3n) is 3.97. The monoisotopic (exact) mass is 379 g/mol. The van der Waals surface area contributed by atoms with Gasteiger partial charge in [0.15, 0.2) is 6.61 Å². The number of aryl methyl sites for hydroxylation is 1. The Kier molecular flexibility index (Phi) is 4.56. The van der Waals surface area contributed by atoms with E-state index in [-0.39, 0.29) is 18.3 Å². The van der Waals surface area contributed by atoms with Gasteiger partial charge in [0.1, 0.15) is 0 Å². The molecule has 7 heteroatoms. The third-order valence-corrected chi connectivity index (χ3v) is 4.30. The Labute approximate surface area is 159 Å². The molecule has 0 saturated carbocycles.